The Kier molecular flexibility index (Phi) is 3.76. The van der Waals surface area contributed by atoms with Gasteiger partial charge in [0, 0.05) is 6.42 Å². The molecule has 0 fully saturated rings. The molecule has 1 rings (SSSR count). The number of unbranched alkanes of at least 4 members (excludes halogenated alkanes) is 2. The van der Waals surface area contributed by atoms with Gasteiger partial charge < -0.3 is 14.6 Å². The van der Waals surface area contributed by atoms with E-state index in [9.17, 15) is 4.79 Å². The Morgan fingerprint density at radius 2 is 1.92 bits per heavy atom. The van der Waals surface area contributed by atoms with Gasteiger partial charge in [0.15, 0.2) is 11.5 Å². The van der Waals surface area contributed by atoms with E-state index in [1.54, 1.807) is 0 Å². The molecular formula is C9H15NO3. The van der Waals surface area contributed by atoms with Crippen molar-refractivity contribution in [2.45, 2.75) is 39.2 Å². The fraction of sp³-hybridized carbons (Fsp3) is 0.667. The summed E-state index contributed by atoms with van der Waals surface area (Å²) in [4.78, 5) is 10.7. The van der Waals surface area contributed by atoms with Crippen LogP contribution in [0.2, 0.25) is 0 Å². The van der Waals surface area contributed by atoms with E-state index in [1.807, 2.05) is 0 Å². The van der Waals surface area contributed by atoms with Crippen LogP contribution in [-0.2, 0) is 13.0 Å². The van der Waals surface area contributed by atoms with Crippen LogP contribution in [0.4, 0.5) is 0 Å². The quantitative estimate of drug-likeness (QED) is 0.704. The van der Waals surface area contributed by atoms with Crippen LogP contribution in [0.15, 0.2) is 13.6 Å². The van der Waals surface area contributed by atoms with Crippen LogP contribution in [0.5, 0.6) is 0 Å². The molecule has 0 radical (unpaired) electrons. The first-order valence-electron chi connectivity index (χ1n) is 4.59. The van der Waals surface area contributed by atoms with E-state index in [4.69, 9.17) is 14.6 Å². The van der Waals surface area contributed by atoms with Gasteiger partial charge >= 0.3 is 5.82 Å². The average molecular weight is 185 g/mol. The highest BCUT2D eigenvalue weighted by Gasteiger charge is 2.09. The van der Waals surface area contributed by atoms with E-state index in [1.165, 1.54) is 0 Å². The molecule has 0 aliphatic rings. The zero-order chi connectivity index (χ0) is 9.68. The lowest BCUT2D eigenvalue weighted by atomic mass is 10.1. The van der Waals surface area contributed by atoms with Crippen LogP contribution >= 0.6 is 0 Å². The first kappa shape index (κ1) is 10.1. The molecule has 1 aromatic heterocycles. The smallest absolute Gasteiger partial charge is 0.396 e. The second-order valence-corrected chi connectivity index (χ2v) is 2.96. The SMILES string of the molecule is CCCCCc1oc(=O)oc1CN. The average Bonchev–Trinajstić information content (AvgIpc) is 2.47. The number of rotatable bonds is 5. The zero-order valence-corrected chi connectivity index (χ0v) is 7.84. The molecular weight excluding hydrogens is 170 g/mol. The minimum Gasteiger partial charge on any atom is -0.396 e. The van der Waals surface area contributed by atoms with Gasteiger partial charge in [0.25, 0.3) is 0 Å². The van der Waals surface area contributed by atoms with Crippen molar-refractivity contribution in [2.24, 2.45) is 5.73 Å². The summed E-state index contributed by atoms with van der Waals surface area (Å²) in [6.07, 6.45) is 4.01. The summed E-state index contributed by atoms with van der Waals surface area (Å²) in [5.41, 5.74) is 5.38. The monoisotopic (exact) mass is 185 g/mol. The molecule has 0 bridgehead atoms. The largest absolute Gasteiger partial charge is 0.519 e. The van der Waals surface area contributed by atoms with Crippen LogP contribution in [0.3, 0.4) is 0 Å². The highest BCUT2D eigenvalue weighted by Crippen LogP contribution is 2.10. The van der Waals surface area contributed by atoms with Crippen molar-refractivity contribution >= 4 is 0 Å². The van der Waals surface area contributed by atoms with Gasteiger partial charge in [-0.15, -0.1) is 0 Å². The molecule has 4 heteroatoms. The lowest BCUT2D eigenvalue weighted by molar-refractivity contribution is 0.365. The predicted molar refractivity (Wildman–Crippen MR) is 48.4 cm³/mol. The highest BCUT2D eigenvalue weighted by atomic mass is 16.6. The van der Waals surface area contributed by atoms with E-state index in [0.29, 0.717) is 11.5 Å². The second kappa shape index (κ2) is 4.87. The van der Waals surface area contributed by atoms with Crippen molar-refractivity contribution < 1.29 is 8.83 Å². The molecule has 13 heavy (non-hydrogen) atoms. The predicted octanol–water partition coefficient (Wildman–Crippen LogP) is 1.42. The molecule has 0 spiro atoms. The molecule has 0 amide bonds. The summed E-state index contributed by atoms with van der Waals surface area (Å²) in [6.45, 7) is 2.35. The number of aryl methyl sites for hydroxylation is 1. The molecule has 1 heterocycles. The maximum absolute atomic E-state index is 10.7. The van der Waals surface area contributed by atoms with Crippen molar-refractivity contribution in [3.8, 4) is 0 Å². The molecule has 0 saturated carbocycles. The van der Waals surface area contributed by atoms with Gasteiger partial charge in [-0.1, -0.05) is 19.8 Å². The van der Waals surface area contributed by atoms with Crippen LogP contribution in [0.25, 0.3) is 0 Å². The van der Waals surface area contributed by atoms with Crippen molar-refractivity contribution in [1.29, 1.82) is 0 Å². The van der Waals surface area contributed by atoms with Gasteiger partial charge in [0.2, 0.25) is 0 Å². The number of hydrogen-bond acceptors (Lipinski definition) is 4. The van der Waals surface area contributed by atoms with Crippen molar-refractivity contribution in [1.82, 2.24) is 0 Å². The molecule has 0 unspecified atom stereocenters. The van der Waals surface area contributed by atoms with Gasteiger partial charge in [-0.2, -0.15) is 0 Å². The maximum Gasteiger partial charge on any atom is 0.519 e. The van der Waals surface area contributed by atoms with Gasteiger partial charge in [-0.3, -0.25) is 0 Å². The van der Waals surface area contributed by atoms with Gasteiger partial charge in [0.05, 0.1) is 6.54 Å². The minimum atomic E-state index is -0.646. The standard InChI is InChI=1S/C9H15NO3/c1-2-3-4-5-7-8(6-10)13-9(11)12-7/h2-6,10H2,1H3. The van der Waals surface area contributed by atoms with E-state index in [0.717, 1.165) is 25.7 Å². The maximum atomic E-state index is 10.7. The van der Waals surface area contributed by atoms with Crippen LogP contribution in [-0.4, -0.2) is 0 Å². The Labute approximate surface area is 76.7 Å². The fourth-order valence-corrected chi connectivity index (χ4v) is 1.22. The third-order valence-corrected chi connectivity index (χ3v) is 1.92. The summed E-state index contributed by atoms with van der Waals surface area (Å²) in [5.74, 6) is 0.453. The molecule has 2 N–H and O–H groups in total. The number of hydrogen-bond donors (Lipinski definition) is 1. The molecule has 1 aromatic rings. The molecule has 0 aliphatic carbocycles. The number of nitrogens with two attached hydrogens (primary N) is 1. The van der Waals surface area contributed by atoms with Crippen LogP contribution < -0.4 is 11.6 Å². The highest BCUT2D eigenvalue weighted by molar-refractivity contribution is 5.02. The Morgan fingerprint density at radius 3 is 2.54 bits per heavy atom. The Bertz CT molecular complexity index is 300. The summed E-state index contributed by atoms with van der Waals surface area (Å²) in [6, 6.07) is 0. The molecule has 0 aliphatic heterocycles. The van der Waals surface area contributed by atoms with E-state index < -0.39 is 5.82 Å². The molecule has 4 nitrogen and oxygen atoms in total. The van der Waals surface area contributed by atoms with Gasteiger partial charge in [-0.05, 0) is 6.42 Å². The van der Waals surface area contributed by atoms with Gasteiger partial charge in [-0.25, -0.2) is 4.79 Å². The van der Waals surface area contributed by atoms with Crippen molar-refractivity contribution in [3.63, 3.8) is 0 Å². The topological polar surface area (TPSA) is 69.4 Å². The molecule has 0 aromatic carbocycles. The summed E-state index contributed by atoms with van der Waals surface area (Å²) >= 11 is 0. The first-order chi connectivity index (χ1) is 6.27. The van der Waals surface area contributed by atoms with Crippen molar-refractivity contribution in [3.05, 3.63) is 22.1 Å². The normalized spacial score (nSPS) is 10.6. The van der Waals surface area contributed by atoms with Crippen LogP contribution in [0.1, 0.15) is 37.7 Å². The van der Waals surface area contributed by atoms with E-state index >= 15 is 0 Å². The molecule has 0 atom stereocenters. The third-order valence-electron chi connectivity index (χ3n) is 1.92. The Balaban J connectivity index is 2.59. The van der Waals surface area contributed by atoms with Crippen LogP contribution in [0, 0.1) is 0 Å². The lowest BCUT2D eigenvalue weighted by Crippen LogP contribution is -1.98. The molecule has 0 saturated heterocycles. The molecule has 74 valence electrons. The summed E-state index contributed by atoms with van der Waals surface area (Å²) in [7, 11) is 0. The van der Waals surface area contributed by atoms with E-state index in [2.05, 4.69) is 6.92 Å². The summed E-state index contributed by atoms with van der Waals surface area (Å²) < 4.78 is 9.60. The van der Waals surface area contributed by atoms with Crippen molar-refractivity contribution in [2.75, 3.05) is 0 Å². The van der Waals surface area contributed by atoms with E-state index in [-0.39, 0.29) is 6.54 Å². The zero-order valence-electron chi connectivity index (χ0n) is 7.84. The van der Waals surface area contributed by atoms with Gasteiger partial charge in [0.1, 0.15) is 0 Å². The third kappa shape index (κ3) is 2.73. The second-order valence-electron chi connectivity index (χ2n) is 2.96. The Morgan fingerprint density at radius 1 is 1.23 bits per heavy atom. The minimum absolute atomic E-state index is 0.229. The Hall–Kier alpha value is -1.03. The summed E-state index contributed by atoms with van der Waals surface area (Å²) in [5, 5.41) is 0. The fourth-order valence-electron chi connectivity index (χ4n) is 1.22. The first-order valence-corrected chi connectivity index (χ1v) is 4.59. The lowest BCUT2D eigenvalue weighted by Gasteiger charge is -1.95.